The highest BCUT2D eigenvalue weighted by molar-refractivity contribution is 5.52. The van der Waals surface area contributed by atoms with E-state index in [-0.39, 0.29) is 0 Å². The summed E-state index contributed by atoms with van der Waals surface area (Å²) in [5.74, 6) is 0. The van der Waals surface area contributed by atoms with Crippen LogP contribution in [0.4, 0.5) is 0 Å². The molecule has 2 nitrogen and oxygen atoms in total. The molecule has 0 fully saturated rings. The first-order valence-corrected chi connectivity index (χ1v) is 4.54. The molecule has 0 bridgehead atoms. The van der Waals surface area contributed by atoms with Crippen LogP contribution < -0.4 is 0 Å². The fraction of sp³-hybridized carbons (Fsp3) is 0.0833. The van der Waals surface area contributed by atoms with Gasteiger partial charge in [-0.2, -0.15) is 0 Å². The Hall–Kier alpha value is -1.83. The van der Waals surface area contributed by atoms with Crippen LogP contribution in [0.15, 0.2) is 48.8 Å². The maximum atomic E-state index is 10.4. The van der Waals surface area contributed by atoms with E-state index in [2.05, 4.69) is 12.1 Å². The number of hydrogen-bond donors (Lipinski definition) is 0. The third-order valence-corrected chi connectivity index (χ3v) is 2.15. The molecule has 0 aliphatic heterocycles. The molecule has 0 aliphatic rings. The molecule has 0 unspecified atom stereocenters. The van der Waals surface area contributed by atoms with Gasteiger partial charge in [-0.3, -0.25) is 9.36 Å². The van der Waals surface area contributed by atoms with Crippen molar-refractivity contribution in [3.8, 4) is 0 Å². The number of aromatic nitrogens is 1. The molecule has 0 saturated carbocycles. The Labute approximate surface area is 82.8 Å². The molecule has 1 aromatic heterocycles. The SMILES string of the molecule is O=Cn1ccc(Cc2ccccc2)c1. The monoisotopic (exact) mass is 185 g/mol. The summed E-state index contributed by atoms with van der Waals surface area (Å²) in [4.78, 5) is 10.4. The smallest absolute Gasteiger partial charge is 0.217 e. The van der Waals surface area contributed by atoms with E-state index in [1.165, 1.54) is 10.1 Å². The predicted molar refractivity (Wildman–Crippen MR) is 55.8 cm³/mol. The van der Waals surface area contributed by atoms with Gasteiger partial charge in [-0.15, -0.1) is 0 Å². The Morgan fingerprint density at radius 2 is 1.86 bits per heavy atom. The predicted octanol–water partition coefficient (Wildman–Crippen LogP) is 2.12. The van der Waals surface area contributed by atoms with Gasteiger partial charge in [-0.1, -0.05) is 30.3 Å². The average Bonchev–Trinajstić information content (AvgIpc) is 2.67. The molecular formula is C12H11NO. The molecule has 2 rings (SSSR count). The van der Waals surface area contributed by atoms with E-state index in [0.29, 0.717) is 0 Å². The van der Waals surface area contributed by atoms with Gasteiger partial charge in [0, 0.05) is 12.4 Å². The Morgan fingerprint density at radius 1 is 1.07 bits per heavy atom. The van der Waals surface area contributed by atoms with Crippen LogP contribution >= 0.6 is 0 Å². The summed E-state index contributed by atoms with van der Waals surface area (Å²) in [6.45, 7) is 0. The van der Waals surface area contributed by atoms with Crippen molar-refractivity contribution >= 4 is 6.41 Å². The number of hydrogen-bond acceptors (Lipinski definition) is 1. The molecule has 0 aliphatic carbocycles. The molecule has 0 saturated heterocycles. The van der Waals surface area contributed by atoms with Crippen molar-refractivity contribution < 1.29 is 4.79 Å². The fourth-order valence-electron chi connectivity index (χ4n) is 1.46. The second-order valence-electron chi connectivity index (χ2n) is 3.23. The Kier molecular flexibility index (Phi) is 2.45. The lowest BCUT2D eigenvalue weighted by Gasteiger charge is -1.96. The first-order valence-electron chi connectivity index (χ1n) is 4.54. The normalized spacial score (nSPS) is 10.0. The van der Waals surface area contributed by atoms with Crippen molar-refractivity contribution in [2.45, 2.75) is 6.42 Å². The molecule has 14 heavy (non-hydrogen) atoms. The van der Waals surface area contributed by atoms with Gasteiger partial charge < -0.3 is 0 Å². The van der Waals surface area contributed by atoms with E-state index in [4.69, 9.17) is 0 Å². The van der Waals surface area contributed by atoms with Gasteiger partial charge in [0.15, 0.2) is 0 Å². The molecule has 0 spiro atoms. The van der Waals surface area contributed by atoms with Gasteiger partial charge in [0.1, 0.15) is 0 Å². The standard InChI is InChI=1S/C12H11NO/c14-10-13-7-6-12(9-13)8-11-4-2-1-3-5-11/h1-7,9-10H,8H2. The third-order valence-electron chi connectivity index (χ3n) is 2.15. The molecule has 70 valence electrons. The highest BCUT2D eigenvalue weighted by Crippen LogP contribution is 2.08. The zero-order valence-corrected chi connectivity index (χ0v) is 7.76. The van der Waals surface area contributed by atoms with Crippen molar-refractivity contribution in [2.24, 2.45) is 0 Å². The maximum absolute atomic E-state index is 10.4. The van der Waals surface area contributed by atoms with Gasteiger partial charge in [-0.25, -0.2) is 0 Å². The van der Waals surface area contributed by atoms with Crippen molar-refractivity contribution in [3.63, 3.8) is 0 Å². The Morgan fingerprint density at radius 3 is 2.50 bits per heavy atom. The molecule has 1 aromatic carbocycles. The molecule has 2 heteroatoms. The fourth-order valence-corrected chi connectivity index (χ4v) is 1.46. The van der Waals surface area contributed by atoms with Crippen molar-refractivity contribution in [1.29, 1.82) is 0 Å². The van der Waals surface area contributed by atoms with Gasteiger partial charge in [0.2, 0.25) is 6.41 Å². The lowest BCUT2D eigenvalue weighted by molar-refractivity contribution is 0.547. The summed E-state index contributed by atoms with van der Waals surface area (Å²) in [5.41, 5.74) is 2.42. The van der Waals surface area contributed by atoms with E-state index in [1.54, 1.807) is 6.20 Å². The Bertz CT molecular complexity index is 417. The van der Waals surface area contributed by atoms with E-state index in [9.17, 15) is 4.79 Å². The van der Waals surface area contributed by atoms with Crippen LogP contribution in [0.25, 0.3) is 0 Å². The zero-order chi connectivity index (χ0) is 9.80. The van der Waals surface area contributed by atoms with E-state index >= 15 is 0 Å². The molecule has 0 atom stereocenters. The van der Waals surface area contributed by atoms with E-state index in [1.807, 2.05) is 30.5 Å². The minimum atomic E-state index is 0.800. The molecule has 1 heterocycles. The summed E-state index contributed by atoms with van der Waals surface area (Å²) in [5, 5.41) is 0. The second-order valence-corrected chi connectivity index (χ2v) is 3.23. The minimum Gasteiger partial charge on any atom is -0.297 e. The maximum Gasteiger partial charge on any atom is 0.217 e. The van der Waals surface area contributed by atoms with E-state index < -0.39 is 0 Å². The number of rotatable bonds is 3. The zero-order valence-electron chi connectivity index (χ0n) is 7.76. The molecular weight excluding hydrogens is 174 g/mol. The topological polar surface area (TPSA) is 22.0 Å². The lowest BCUT2D eigenvalue weighted by atomic mass is 10.1. The van der Waals surface area contributed by atoms with Crippen LogP contribution in [0.2, 0.25) is 0 Å². The van der Waals surface area contributed by atoms with Crippen LogP contribution in [0.1, 0.15) is 11.1 Å². The highest BCUT2D eigenvalue weighted by Gasteiger charge is 1.97. The summed E-state index contributed by atoms with van der Waals surface area (Å²) >= 11 is 0. The summed E-state index contributed by atoms with van der Waals surface area (Å²) < 4.78 is 1.53. The van der Waals surface area contributed by atoms with Crippen LogP contribution in [-0.2, 0) is 11.2 Å². The van der Waals surface area contributed by atoms with Gasteiger partial charge >= 0.3 is 0 Å². The molecule has 0 radical (unpaired) electrons. The first kappa shape index (κ1) is 8.75. The highest BCUT2D eigenvalue weighted by atomic mass is 16.1. The molecule has 0 amide bonds. The van der Waals surface area contributed by atoms with Gasteiger partial charge in [-0.05, 0) is 23.6 Å². The number of carbonyl (C=O) groups is 1. The first-order chi connectivity index (χ1) is 6.88. The van der Waals surface area contributed by atoms with Crippen molar-refractivity contribution in [3.05, 3.63) is 59.9 Å². The van der Waals surface area contributed by atoms with Gasteiger partial charge in [0.25, 0.3) is 0 Å². The number of nitrogens with zero attached hydrogens (tertiary/aromatic N) is 1. The molecule has 0 N–H and O–H groups in total. The van der Waals surface area contributed by atoms with Crippen LogP contribution in [-0.4, -0.2) is 11.0 Å². The van der Waals surface area contributed by atoms with Crippen molar-refractivity contribution in [2.75, 3.05) is 0 Å². The Balaban J connectivity index is 2.15. The van der Waals surface area contributed by atoms with Crippen LogP contribution in [0.5, 0.6) is 0 Å². The second kappa shape index (κ2) is 3.92. The minimum absolute atomic E-state index is 0.800. The summed E-state index contributed by atoms with van der Waals surface area (Å²) in [7, 11) is 0. The third kappa shape index (κ3) is 1.91. The van der Waals surface area contributed by atoms with Crippen LogP contribution in [0, 0.1) is 0 Å². The summed E-state index contributed by atoms with van der Waals surface area (Å²) in [6, 6.07) is 12.2. The van der Waals surface area contributed by atoms with Gasteiger partial charge in [0.05, 0.1) is 0 Å². The quantitative estimate of drug-likeness (QED) is 0.671. The van der Waals surface area contributed by atoms with Crippen LogP contribution in [0.3, 0.4) is 0 Å². The number of carbonyl (C=O) groups excluding carboxylic acids is 1. The number of benzene rings is 1. The largest absolute Gasteiger partial charge is 0.297 e. The summed E-state index contributed by atoms with van der Waals surface area (Å²) in [6.07, 6.45) is 5.29. The van der Waals surface area contributed by atoms with E-state index in [0.717, 1.165) is 18.4 Å². The molecule has 2 aromatic rings. The van der Waals surface area contributed by atoms with Crippen molar-refractivity contribution in [1.82, 2.24) is 4.57 Å². The average molecular weight is 185 g/mol. The lowest BCUT2D eigenvalue weighted by Crippen LogP contribution is -1.89.